The van der Waals surface area contributed by atoms with Gasteiger partial charge in [0, 0.05) is 38.2 Å². The van der Waals surface area contributed by atoms with Crippen LogP contribution in [0.5, 0.6) is 5.75 Å². The molecule has 2 heterocycles. The first-order valence-electron chi connectivity index (χ1n) is 8.80. The fraction of sp³-hybridized carbons (Fsp3) is 0.611. The molecule has 2 aliphatic rings. The van der Waals surface area contributed by atoms with Crippen LogP contribution in [0.1, 0.15) is 24.9 Å². The number of aliphatic imine (C=N–C) groups is 1. The molecule has 0 bridgehead atoms. The van der Waals surface area contributed by atoms with Crippen LogP contribution < -0.4 is 15.8 Å². The molecule has 24 heavy (non-hydrogen) atoms. The summed E-state index contributed by atoms with van der Waals surface area (Å²) in [5.41, 5.74) is 7.26. The van der Waals surface area contributed by atoms with Gasteiger partial charge in [-0.2, -0.15) is 0 Å². The van der Waals surface area contributed by atoms with Crippen molar-refractivity contribution in [1.29, 1.82) is 0 Å². The zero-order valence-electron chi connectivity index (χ0n) is 14.4. The van der Waals surface area contributed by atoms with Crippen LogP contribution in [-0.4, -0.2) is 56.9 Å². The normalized spacial score (nSPS) is 23.2. The maximum atomic E-state index is 6.11. The van der Waals surface area contributed by atoms with Gasteiger partial charge in [-0.15, -0.1) is 0 Å². The van der Waals surface area contributed by atoms with Crippen LogP contribution in [0.15, 0.2) is 29.3 Å². The lowest BCUT2D eigenvalue weighted by atomic mass is 10.0. The summed E-state index contributed by atoms with van der Waals surface area (Å²) in [6, 6.07) is 8.28. The molecule has 2 aliphatic heterocycles. The van der Waals surface area contributed by atoms with Crippen LogP contribution in [-0.2, 0) is 4.74 Å². The fourth-order valence-electron chi connectivity index (χ4n) is 3.25. The number of rotatable bonds is 5. The smallest absolute Gasteiger partial charge is 0.189 e. The van der Waals surface area contributed by atoms with E-state index in [1.807, 2.05) is 18.2 Å². The lowest BCUT2D eigenvalue weighted by Crippen LogP contribution is -2.40. The van der Waals surface area contributed by atoms with Crippen LogP contribution in [0.3, 0.4) is 0 Å². The van der Waals surface area contributed by atoms with E-state index in [4.69, 9.17) is 15.2 Å². The van der Waals surface area contributed by atoms with Crippen LogP contribution in [0.25, 0.3) is 0 Å². The number of hydrogen-bond acceptors (Lipinski definition) is 4. The van der Waals surface area contributed by atoms with Gasteiger partial charge in [0.25, 0.3) is 0 Å². The summed E-state index contributed by atoms with van der Waals surface area (Å²) >= 11 is 0. The maximum Gasteiger partial charge on any atom is 0.189 e. The van der Waals surface area contributed by atoms with Gasteiger partial charge in [0.05, 0.1) is 25.9 Å². The van der Waals surface area contributed by atoms with Gasteiger partial charge in [-0.1, -0.05) is 25.1 Å². The van der Waals surface area contributed by atoms with Crippen molar-refractivity contribution < 1.29 is 9.47 Å². The number of nitrogens with zero attached hydrogens (tertiary/aromatic N) is 2. The number of nitrogens with two attached hydrogens (primary N) is 1. The van der Waals surface area contributed by atoms with Gasteiger partial charge in [0.2, 0.25) is 0 Å². The lowest BCUT2D eigenvalue weighted by Gasteiger charge is -2.29. The van der Waals surface area contributed by atoms with Gasteiger partial charge >= 0.3 is 0 Å². The zero-order valence-corrected chi connectivity index (χ0v) is 14.4. The molecule has 0 saturated carbocycles. The Morgan fingerprint density at radius 1 is 1.33 bits per heavy atom. The number of hydrogen-bond donors (Lipinski definition) is 2. The van der Waals surface area contributed by atoms with Crippen molar-refractivity contribution in [3.8, 4) is 5.75 Å². The van der Waals surface area contributed by atoms with E-state index in [1.54, 1.807) is 0 Å². The Morgan fingerprint density at radius 2 is 2.12 bits per heavy atom. The molecule has 0 aliphatic carbocycles. The Labute approximate surface area is 144 Å². The second kappa shape index (κ2) is 8.35. The summed E-state index contributed by atoms with van der Waals surface area (Å²) in [4.78, 5) is 6.97. The van der Waals surface area contributed by atoms with Crippen LogP contribution in [0, 0.1) is 5.92 Å². The monoisotopic (exact) mass is 332 g/mol. The predicted octanol–water partition coefficient (Wildman–Crippen LogP) is 1.38. The molecular formula is C18H28N4O2. The van der Waals surface area contributed by atoms with Crippen LogP contribution in [0.2, 0.25) is 0 Å². The second-order valence-corrected chi connectivity index (χ2v) is 6.62. The average molecular weight is 332 g/mol. The fourth-order valence-corrected chi connectivity index (χ4v) is 3.25. The van der Waals surface area contributed by atoms with Crippen molar-refractivity contribution in [3.05, 3.63) is 29.8 Å². The summed E-state index contributed by atoms with van der Waals surface area (Å²) in [6.45, 7) is 8.40. The average Bonchev–Trinajstić information content (AvgIpc) is 2.61. The van der Waals surface area contributed by atoms with Crippen molar-refractivity contribution in [1.82, 2.24) is 10.2 Å². The molecule has 0 radical (unpaired) electrons. The molecule has 1 aromatic carbocycles. The van der Waals surface area contributed by atoms with E-state index < -0.39 is 0 Å². The molecule has 6 nitrogen and oxygen atoms in total. The standard InChI is InChI=1S/C18H28N4O2/c1-14(13-22-7-10-23-11-8-22)12-20-18(19)21-16-6-9-24-17-5-3-2-4-15(16)17/h2-5,14,16H,6-13H2,1H3,(H3,19,20,21). The van der Waals surface area contributed by atoms with E-state index in [0.29, 0.717) is 18.5 Å². The quantitative estimate of drug-likeness (QED) is 0.630. The Balaban J connectivity index is 1.49. The lowest BCUT2D eigenvalue weighted by molar-refractivity contribution is 0.0323. The number of ether oxygens (including phenoxy) is 2. The maximum absolute atomic E-state index is 6.11. The third-order valence-electron chi connectivity index (χ3n) is 4.53. The highest BCUT2D eigenvalue weighted by atomic mass is 16.5. The largest absolute Gasteiger partial charge is 0.493 e. The first kappa shape index (κ1) is 17.0. The van der Waals surface area contributed by atoms with Crippen molar-refractivity contribution in [2.24, 2.45) is 16.6 Å². The molecule has 3 N–H and O–H groups in total. The van der Waals surface area contributed by atoms with Gasteiger partial charge < -0.3 is 20.5 Å². The molecule has 1 fully saturated rings. The van der Waals surface area contributed by atoms with Crippen molar-refractivity contribution >= 4 is 5.96 Å². The zero-order chi connectivity index (χ0) is 16.8. The molecule has 6 heteroatoms. The van der Waals surface area contributed by atoms with E-state index in [-0.39, 0.29) is 6.04 Å². The number of guanidine groups is 1. The molecule has 0 spiro atoms. The van der Waals surface area contributed by atoms with Crippen molar-refractivity contribution in [2.75, 3.05) is 46.0 Å². The minimum Gasteiger partial charge on any atom is -0.493 e. The van der Waals surface area contributed by atoms with Crippen molar-refractivity contribution in [3.63, 3.8) is 0 Å². The number of nitrogens with one attached hydrogen (secondary N) is 1. The SMILES string of the molecule is CC(CN=C(N)NC1CCOc2ccccc21)CN1CCOCC1. The van der Waals surface area contributed by atoms with Gasteiger partial charge in [0.1, 0.15) is 5.75 Å². The summed E-state index contributed by atoms with van der Waals surface area (Å²) in [5.74, 6) is 1.94. The molecule has 1 saturated heterocycles. The summed E-state index contributed by atoms with van der Waals surface area (Å²) in [6.07, 6.45) is 0.899. The van der Waals surface area contributed by atoms with Gasteiger partial charge in [-0.05, 0) is 12.0 Å². The van der Waals surface area contributed by atoms with Crippen LogP contribution in [0.4, 0.5) is 0 Å². The van der Waals surface area contributed by atoms with Gasteiger partial charge in [0.15, 0.2) is 5.96 Å². The minimum absolute atomic E-state index is 0.174. The number of benzene rings is 1. The number of fused-ring (bicyclic) bond motifs is 1. The molecule has 1 aromatic rings. The number of para-hydroxylation sites is 1. The molecule has 132 valence electrons. The highest BCUT2D eigenvalue weighted by molar-refractivity contribution is 5.78. The molecule has 0 aromatic heterocycles. The summed E-state index contributed by atoms with van der Waals surface area (Å²) in [7, 11) is 0. The van der Waals surface area contributed by atoms with E-state index in [0.717, 1.165) is 57.1 Å². The molecule has 2 unspecified atom stereocenters. The molecule has 2 atom stereocenters. The Kier molecular flexibility index (Phi) is 5.93. The molecular weight excluding hydrogens is 304 g/mol. The molecule has 3 rings (SSSR count). The Hall–Kier alpha value is -1.79. The van der Waals surface area contributed by atoms with E-state index in [1.165, 1.54) is 0 Å². The van der Waals surface area contributed by atoms with Gasteiger partial charge in [-0.3, -0.25) is 9.89 Å². The van der Waals surface area contributed by atoms with E-state index in [2.05, 4.69) is 28.2 Å². The van der Waals surface area contributed by atoms with Gasteiger partial charge in [-0.25, -0.2) is 0 Å². The minimum atomic E-state index is 0.174. The highest BCUT2D eigenvalue weighted by Crippen LogP contribution is 2.31. The topological polar surface area (TPSA) is 72.1 Å². The highest BCUT2D eigenvalue weighted by Gasteiger charge is 2.21. The Bertz CT molecular complexity index is 558. The second-order valence-electron chi connectivity index (χ2n) is 6.62. The Morgan fingerprint density at radius 3 is 2.96 bits per heavy atom. The molecule has 0 amide bonds. The summed E-state index contributed by atoms with van der Waals surface area (Å²) < 4.78 is 11.1. The predicted molar refractivity (Wildman–Crippen MR) is 95.3 cm³/mol. The first-order chi connectivity index (χ1) is 11.7. The third kappa shape index (κ3) is 4.61. The summed E-state index contributed by atoms with van der Waals surface area (Å²) in [5, 5.41) is 3.35. The third-order valence-corrected chi connectivity index (χ3v) is 4.53. The number of morpholine rings is 1. The van der Waals surface area contributed by atoms with E-state index in [9.17, 15) is 0 Å². The van der Waals surface area contributed by atoms with Crippen LogP contribution >= 0.6 is 0 Å². The van der Waals surface area contributed by atoms with E-state index >= 15 is 0 Å². The van der Waals surface area contributed by atoms with Crippen molar-refractivity contribution in [2.45, 2.75) is 19.4 Å². The first-order valence-corrected chi connectivity index (χ1v) is 8.80.